The lowest BCUT2D eigenvalue weighted by atomic mass is 10.0. The first-order chi connectivity index (χ1) is 10.5. The Kier molecular flexibility index (Phi) is 5.11. The van der Waals surface area contributed by atoms with Crippen LogP contribution >= 0.6 is 11.8 Å². The van der Waals surface area contributed by atoms with E-state index in [4.69, 9.17) is 0 Å². The van der Waals surface area contributed by atoms with Gasteiger partial charge < -0.3 is 4.74 Å². The summed E-state index contributed by atoms with van der Waals surface area (Å²) in [4.78, 5) is 23.0. The molecule has 1 fully saturated rings. The maximum atomic E-state index is 11.6. The van der Waals surface area contributed by atoms with Crippen LogP contribution in [0.1, 0.15) is 16.7 Å². The third-order valence-corrected chi connectivity index (χ3v) is 3.88. The van der Waals surface area contributed by atoms with Gasteiger partial charge in [-0.3, -0.25) is 10.1 Å². The second kappa shape index (κ2) is 7.04. The number of thioether (sulfide) groups is 1. The summed E-state index contributed by atoms with van der Waals surface area (Å²) in [6.45, 7) is 3.98. The number of nitrogens with zero attached hydrogens (tertiary/aromatic N) is 2. The summed E-state index contributed by atoms with van der Waals surface area (Å²) in [7, 11) is 1.25. The summed E-state index contributed by atoms with van der Waals surface area (Å²) in [5.74, 6) is -0.977. The molecule has 1 aromatic rings. The summed E-state index contributed by atoms with van der Waals surface area (Å²) in [6.07, 6.45) is 2.77. The van der Waals surface area contributed by atoms with Crippen LogP contribution in [0.5, 0.6) is 0 Å². The number of nitrogens with one attached hydrogen (secondary N) is 1. The molecule has 1 amide bonds. The Labute approximate surface area is 132 Å². The Morgan fingerprint density at radius 1 is 1.32 bits per heavy atom. The Morgan fingerprint density at radius 3 is 2.64 bits per heavy atom. The maximum Gasteiger partial charge on any atom is 0.331 e. The van der Waals surface area contributed by atoms with Gasteiger partial charge in [-0.25, -0.2) is 4.79 Å². The quantitative estimate of drug-likeness (QED) is 0.400. The number of methoxy groups -OCH3 is 1. The van der Waals surface area contributed by atoms with Crippen molar-refractivity contribution in [3.8, 4) is 0 Å². The van der Waals surface area contributed by atoms with E-state index in [1.54, 1.807) is 6.21 Å². The van der Waals surface area contributed by atoms with Crippen LogP contribution in [0.3, 0.4) is 0 Å². The Balaban J connectivity index is 2.12. The van der Waals surface area contributed by atoms with Gasteiger partial charge in [0.2, 0.25) is 0 Å². The second-order valence-corrected chi connectivity index (χ2v) is 5.57. The van der Waals surface area contributed by atoms with Crippen molar-refractivity contribution in [2.45, 2.75) is 13.8 Å². The predicted octanol–water partition coefficient (Wildman–Crippen LogP) is 1.91. The first-order valence-electron chi connectivity index (χ1n) is 6.47. The fourth-order valence-corrected chi connectivity index (χ4v) is 2.55. The summed E-state index contributed by atoms with van der Waals surface area (Å²) < 4.78 is 4.48. The van der Waals surface area contributed by atoms with Crippen molar-refractivity contribution in [2.75, 3.05) is 7.11 Å². The van der Waals surface area contributed by atoms with E-state index < -0.39 is 11.9 Å². The zero-order valence-electron chi connectivity index (χ0n) is 12.4. The average molecular weight is 317 g/mol. The zero-order chi connectivity index (χ0) is 16.1. The highest BCUT2D eigenvalue weighted by atomic mass is 32.2. The monoisotopic (exact) mass is 317 g/mol. The predicted molar refractivity (Wildman–Crippen MR) is 86.8 cm³/mol. The molecule has 1 heterocycles. The minimum absolute atomic E-state index is 0.230. The molecule has 1 aliphatic rings. The lowest BCUT2D eigenvalue weighted by Gasteiger charge is -2.02. The molecule has 22 heavy (non-hydrogen) atoms. The topological polar surface area (TPSA) is 80.1 Å². The minimum Gasteiger partial charge on any atom is -0.466 e. The number of amidine groups is 1. The molecule has 1 aliphatic heterocycles. The first-order valence-corrected chi connectivity index (χ1v) is 7.29. The number of carbonyl (C=O) groups excluding carboxylic acids is 2. The summed E-state index contributed by atoms with van der Waals surface area (Å²) in [5.41, 5.74) is 3.18. The first kappa shape index (κ1) is 16.0. The van der Waals surface area contributed by atoms with E-state index in [-0.39, 0.29) is 4.91 Å². The van der Waals surface area contributed by atoms with Crippen LogP contribution in [0.15, 0.2) is 39.4 Å². The van der Waals surface area contributed by atoms with Crippen molar-refractivity contribution in [3.63, 3.8) is 0 Å². The fourth-order valence-electron chi connectivity index (χ4n) is 1.81. The lowest BCUT2D eigenvalue weighted by Crippen LogP contribution is -2.19. The second-order valence-electron chi connectivity index (χ2n) is 4.54. The van der Waals surface area contributed by atoms with Gasteiger partial charge in [0.05, 0.1) is 18.2 Å². The van der Waals surface area contributed by atoms with Crippen LogP contribution in [-0.4, -0.2) is 30.4 Å². The largest absolute Gasteiger partial charge is 0.466 e. The zero-order valence-corrected chi connectivity index (χ0v) is 13.2. The Bertz CT molecular complexity index is 688. The van der Waals surface area contributed by atoms with Gasteiger partial charge in [-0.05, 0) is 36.7 Å². The van der Waals surface area contributed by atoms with Gasteiger partial charge >= 0.3 is 5.97 Å². The number of ether oxygens (including phenoxy) is 1. The van der Waals surface area contributed by atoms with E-state index in [9.17, 15) is 9.59 Å². The van der Waals surface area contributed by atoms with Crippen LogP contribution < -0.4 is 5.32 Å². The molecule has 1 saturated heterocycles. The molecular formula is C15H15N3O3S. The third kappa shape index (κ3) is 3.82. The highest BCUT2D eigenvalue weighted by Crippen LogP contribution is 2.23. The molecule has 0 spiro atoms. The number of amides is 1. The van der Waals surface area contributed by atoms with E-state index in [0.29, 0.717) is 5.17 Å². The molecule has 1 aromatic carbocycles. The number of rotatable bonds is 3. The van der Waals surface area contributed by atoms with Crippen molar-refractivity contribution in [1.82, 2.24) is 5.32 Å². The Hall–Kier alpha value is -2.41. The molecule has 0 aliphatic carbocycles. The number of aryl methyl sites for hydroxylation is 2. The van der Waals surface area contributed by atoms with Crippen LogP contribution in [-0.2, 0) is 14.3 Å². The van der Waals surface area contributed by atoms with E-state index in [1.807, 2.05) is 32.0 Å². The molecule has 0 radical (unpaired) electrons. The van der Waals surface area contributed by atoms with Crippen LogP contribution in [0.4, 0.5) is 0 Å². The molecule has 0 bridgehead atoms. The van der Waals surface area contributed by atoms with E-state index >= 15 is 0 Å². The highest BCUT2D eigenvalue weighted by Gasteiger charge is 2.24. The summed E-state index contributed by atoms with van der Waals surface area (Å²) >= 11 is 1.04. The van der Waals surface area contributed by atoms with Crippen LogP contribution in [0, 0.1) is 13.8 Å². The standard InChI is InChI=1S/C15H15N3O3S/c1-9-5-4-6-10(2)11(9)8-16-18-15-17-14(20)12(22-15)7-13(19)21-3/h4-8H,1-3H3,(H,17,18,20)/b12-7+,16-8?. The van der Waals surface area contributed by atoms with E-state index in [1.165, 1.54) is 7.11 Å². The van der Waals surface area contributed by atoms with Crippen LogP contribution in [0.2, 0.25) is 0 Å². The molecule has 0 saturated carbocycles. The van der Waals surface area contributed by atoms with Gasteiger partial charge in [0.1, 0.15) is 0 Å². The van der Waals surface area contributed by atoms with Gasteiger partial charge in [0.25, 0.3) is 5.91 Å². The number of hydrogen-bond donors (Lipinski definition) is 1. The van der Waals surface area contributed by atoms with Gasteiger partial charge in [-0.1, -0.05) is 18.2 Å². The minimum atomic E-state index is -0.585. The molecule has 0 unspecified atom stereocenters. The normalized spacial score (nSPS) is 18.2. The molecule has 7 heteroatoms. The molecular weight excluding hydrogens is 302 g/mol. The molecule has 2 rings (SSSR count). The number of esters is 1. The van der Waals surface area contributed by atoms with Crippen molar-refractivity contribution in [2.24, 2.45) is 10.2 Å². The van der Waals surface area contributed by atoms with Crippen molar-refractivity contribution >= 4 is 35.0 Å². The van der Waals surface area contributed by atoms with Gasteiger partial charge in [0, 0.05) is 11.6 Å². The maximum absolute atomic E-state index is 11.6. The van der Waals surface area contributed by atoms with E-state index in [2.05, 4.69) is 20.3 Å². The fraction of sp³-hybridized carbons (Fsp3) is 0.200. The van der Waals surface area contributed by atoms with Crippen molar-refractivity contribution in [3.05, 3.63) is 45.9 Å². The molecule has 0 atom stereocenters. The van der Waals surface area contributed by atoms with Crippen molar-refractivity contribution < 1.29 is 14.3 Å². The van der Waals surface area contributed by atoms with E-state index in [0.717, 1.165) is 34.5 Å². The van der Waals surface area contributed by atoms with Crippen LogP contribution in [0.25, 0.3) is 0 Å². The number of hydrogen-bond acceptors (Lipinski definition) is 6. The lowest BCUT2D eigenvalue weighted by molar-refractivity contribution is -0.135. The number of benzene rings is 1. The average Bonchev–Trinajstić information content (AvgIpc) is 2.82. The molecule has 6 nitrogen and oxygen atoms in total. The summed E-state index contributed by atoms with van der Waals surface area (Å²) in [6, 6.07) is 5.96. The van der Waals surface area contributed by atoms with Crippen molar-refractivity contribution in [1.29, 1.82) is 0 Å². The van der Waals surface area contributed by atoms with Gasteiger partial charge in [-0.2, -0.15) is 5.10 Å². The SMILES string of the molecule is COC(=O)/C=C1/S/C(=N\N=Cc2c(C)cccc2C)NC1=O. The third-order valence-electron chi connectivity index (χ3n) is 2.98. The molecule has 114 valence electrons. The molecule has 0 aromatic heterocycles. The van der Waals surface area contributed by atoms with Gasteiger partial charge in [-0.15, -0.1) is 5.10 Å². The highest BCUT2D eigenvalue weighted by molar-refractivity contribution is 8.18. The smallest absolute Gasteiger partial charge is 0.331 e. The van der Waals surface area contributed by atoms with Gasteiger partial charge in [0.15, 0.2) is 5.17 Å². The molecule has 1 N–H and O–H groups in total. The Morgan fingerprint density at radius 2 is 2.00 bits per heavy atom. The number of carbonyl (C=O) groups is 2. The summed E-state index contributed by atoms with van der Waals surface area (Å²) in [5, 5.41) is 10.8.